The van der Waals surface area contributed by atoms with Crippen molar-refractivity contribution >= 4 is 0 Å². The highest BCUT2D eigenvalue weighted by Gasteiger charge is 2.16. The molecule has 0 radical (unpaired) electrons. The number of benzene rings is 1. The van der Waals surface area contributed by atoms with E-state index in [1.54, 1.807) is 0 Å². The van der Waals surface area contributed by atoms with Crippen molar-refractivity contribution in [2.45, 2.75) is 46.6 Å². The third kappa shape index (κ3) is 4.71. The van der Waals surface area contributed by atoms with Crippen molar-refractivity contribution in [3.8, 4) is 11.5 Å². The van der Waals surface area contributed by atoms with E-state index in [-0.39, 0.29) is 0 Å². The predicted octanol–water partition coefficient (Wildman–Crippen LogP) is 4.18. The zero-order chi connectivity index (χ0) is 15.0. The Kier molecular flexibility index (Phi) is 7.45. The Labute approximate surface area is 123 Å². The lowest BCUT2D eigenvalue weighted by Crippen LogP contribution is -2.21. The van der Waals surface area contributed by atoms with Crippen molar-refractivity contribution in [1.29, 1.82) is 0 Å². The quantitative estimate of drug-likeness (QED) is 0.735. The van der Waals surface area contributed by atoms with Crippen LogP contribution in [0, 0.1) is 5.92 Å². The van der Waals surface area contributed by atoms with E-state index in [2.05, 4.69) is 45.1 Å². The van der Waals surface area contributed by atoms with Gasteiger partial charge in [-0.05, 0) is 43.5 Å². The van der Waals surface area contributed by atoms with E-state index in [0.29, 0.717) is 12.0 Å². The molecule has 0 heterocycles. The Morgan fingerprint density at radius 3 is 2.10 bits per heavy atom. The summed E-state index contributed by atoms with van der Waals surface area (Å²) >= 11 is 0. The SMILES string of the molecule is CCCOc1ccc(C(NC)C(C)C)cc1OCCC. The van der Waals surface area contributed by atoms with Crippen LogP contribution in [0.5, 0.6) is 11.5 Å². The summed E-state index contributed by atoms with van der Waals surface area (Å²) in [6.07, 6.45) is 2.00. The molecule has 0 spiro atoms. The van der Waals surface area contributed by atoms with Crippen LogP contribution in [0.3, 0.4) is 0 Å². The average Bonchev–Trinajstić information content (AvgIpc) is 2.44. The van der Waals surface area contributed by atoms with Gasteiger partial charge in [0.15, 0.2) is 11.5 Å². The van der Waals surface area contributed by atoms with Crippen molar-refractivity contribution < 1.29 is 9.47 Å². The van der Waals surface area contributed by atoms with Crippen LogP contribution in [0.2, 0.25) is 0 Å². The number of rotatable bonds is 9. The number of hydrogen-bond donors (Lipinski definition) is 1. The Bertz CT molecular complexity index is 391. The maximum Gasteiger partial charge on any atom is 0.161 e. The first kappa shape index (κ1) is 16.8. The van der Waals surface area contributed by atoms with Gasteiger partial charge in [0.2, 0.25) is 0 Å². The largest absolute Gasteiger partial charge is 0.490 e. The van der Waals surface area contributed by atoms with E-state index in [4.69, 9.17) is 9.47 Å². The molecule has 114 valence electrons. The maximum absolute atomic E-state index is 5.85. The van der Waals surface area contributed by atoms with Gasteiger partial charge in [0.1, 0.15) is 0 Å². The molecule has 3 heteroatoms. The van der Waals surface area contributed by atoms with Gasteiger partial charge in [-0.3, -0.25) is 0 Å². The number of hydrogen-bond acceptors (Lipinski definition) is 3. The molecule has 1 N–H and O–H groups in total. The molecule has 0 aromatic heterocycles. The second-order valence-corrected chi connectivity index (χ2v) is 5.41. The van der Waals surface area contributed by atoms with Crippen LogP contribution in [0.25, 0.3) is 0 Å². The van der Waals surface area contributed by atoms with Crippen LogP contribution in [0.1, 0.15) is 52.1 Å². The van der Waals surface area contributed by atoms with E-state index in [0.717, 1.165) is 37.6 Å². The molecular formula is C17H29NO2. The van der Waals surface area contributed by atoms with Gasteiger partial charge in [0.05, 0.1) is 13.2 Å². The Morgan fingerprint density at radius 1 is 1.00 bits per heavy atom. The second kappa shape index (κ2) is 8.85. The normalized spacial score (nSPS) is 12.5. The van der Waals surface area contributed by atoms with Crippen molar-refractivity contribution in [3.63, 3.8) is 0 Å². The van der Waals surface area contributed by atoms with E-state index in [1.165, 1.54) is 5.56 Å². The van der Waals surface area contributed by atoms with Gasteiger partial charge >= 0.3 is 0 Å². The molecule has 0 fully saturated rings. The molecule has 20 heavy (non-hydrogen) atoms. The molecule has 1 unspecified atom stereocenters. The smallest absolute Gasteiger partial charge is 0.161 e. The zero-order valence-electron chi connectivity index (χ0n) is 13.5. The van der Waals surface area contributed by atoms with Crippen LogP contribution < -0.4 is 14.8 Å². The minimum absolute atomic E-state index is 0.333. The van der Waals surface area contributed by atoms with Crippen LogP contribution in [0.15, 0.2) is 18.2 Å². The summed E-state index contributed by atoms with van der Waals surface area (Å²) < 4.78 is 11.6. The number of ether oxygens (including phenoxy) is 2. The topological polar surface area (TPSA) is 30.5 Å². The van der Waals surface area contributed by atoms with Gasteiger partial charge < -0.3 is 14.8 Å². The molecule has 0 bridgehead atoms. The molecular weight excluding hydrogens is 250 g/mol. The summed E-state index contributed by atoms with van der Waals surface area (Å²) in [6, 6.07) is 6.61. The Balaban J connectivity index is 2.98. The summed E-state index contributed by atoms with van der Waals surface area (Å²) in [7, 11) is 2.00. The van der Waals surface area contributed by atoms with Crippen molar-refractivity contribution in [2.75, 3.05) is 20.3 Å². The van der Waals surface area contributed by atoms with Crippen LogP contribution in [-0.2, 0) is 0 Å². The second-order valence-electron chi connectivity index (χ2n) is 5.41. The minimum Gasteiger partial charge on any atom is -0.490 e. The minimum atomic E-state index is 0.333. The van der Waals surface area contributed by atoms with Crippen LogP contribution in [0.4, 0.5) is 0 Å². The Hall–Kier alpha value is -1.22. The van der Waals surface area contributed by atoms with Gasteiger partial charge in [-0.1, -0.05) is 33.8 Å². The molecule has 3 nitrogen and oxygen atoms in total. The fourth-order valence-electron chi connectivity index (χ4n) is 2.26. The highest BCUT2D eigenvalue weighted by Crippen LogP contribution is 2.32. The van der Waals surface area contributed by atoms with Gasteiger partial charge in [-0.15, -0.1) is 0 Å². The molecule has 1 rings (SSSR count). The zero-order valence-corrected chi connectivity index (χ0v) is 13.5. The molecule has 1 aromatic carbocycles. The summed E-state index contributed by atoms with van der Waals surface area (Å²) in [5.41, 5.74) is 1.25. The fraction of sp³-hybridized carbons (Fsp3) is 0.647. The van der Waals surface area contributed by atoms with Gasteiger partial charge in [0, 0.05) is 6.04 Å². The summed E-state index contributed by atoms with van der Waals surface area (Å²) in [6.45, 7) is 10.1. The molecule has 1 atom stereocenters. The van der Waals surface area contributed by atoms with Crippen LogP contribution >= 0.6 is 0 Å². The third-order valence-electron chi connectivity index (χ3n) is 3.23. The molecule has 1 aromatic rings. The first-order valence-corrected chi connectivity index (χ1v) is 7.70. The highest BCUT2D eigenvalue weighted by molar-refractivity contribution is 5.44. The van der Waals surface area contributed by atoms with Gasteiger partial charge in [0.25, 0.3) is 0 Å². The number of nitrogens with one attached hydrogen (secondary N) is 1. The third-order valence-corrected chi connectivity index (χ3v) is 3.23. The Morgan fingerprint density at radius 2 is 1.60 bits per heavy atom. The molecule has 0 aliphatic heterocycles. The standard InChI is InChI=1S/C17H29NO2/c1-6-10-19-15-9-8-14(17(18-5)13(3)4)12-16(15)20-11-7-2/h8-9,12-13,17-18H,6-7,10-11H2,1-5H3. The lowest BCUT2D eigenvalue weighted by atomic mass is 9.96. The lowest BCUT2D eigenvalue weighted by Gasteiger charge is -2.22. The monoisotopic (exact) mass is 279 g/mol. The average molecular weight is 279 g/mol. The summed E-state index contributed by atoms with van der Waals surface area (Å²) in [4.78, 5) is 0. The van der Waals surface area contributed by atoms with E-state index < -0.39 is 0 Å². The molecule has 0 saturated carbocycles. The first-order chi connectivity index (χ1) is 9.63. The van der Waals surface area contributed by atoms with Crippen LogP contribution in [-0.4, -0.2) is 20.3 Å². The van der Waals surface area contributed by atoms with Gasteiger partial charge in [-0.25, -0.2) is 0 Å². The molecule has 0 amide bonds. The van der Waals surface area contributed by atoms with Crippen molar-refractivity contribution in [2.24, 2.45) is 5.92 Å². The predicted molar refractivity (Wildman–Crippen MR) is 84.7 cm³/mol. The van der Waals surface area contributed by atoms with Gasteiger partial charge in [-0.2, -0.15) is 0 Å². The molecule has 0 saturated heterocycles. The van der Waals surface area contributed by atoms with E-state index in [9.17, 15) is 0 Å². The van der Waals surface area contributed by atoms with E-state index in [1.807, 2.05) is 13.1 Å². The first-order valence-electron chi connectivity index (χ1n) is 7.70. The maximum atomic E-state index is 5.85. The highest BCUT2D eigenvalue weighted by atomic mass is 16.5. The fourth-order valence-corrected chi connectivity index (χ4v) is 2.26. The summed E-state index contributed by atoms with van der Waals surface area (Å²) in [5, 5.41) is 3.37. The van der Waals surface area contributed by atoms with Crippen molar-refractivity contribution in [1.82, 2.24) is 5.32 Å². The van der Waals surface area contributed by atoms with Crippen molar-refractivity contribution in [3.05, 3.63) is 23.8 Å². The van der Waals surface area contributed by atoms with E-state index >= 15 is 0 Å². The molecule has 0 aliphatic carbocycles. The lowest BCUT2D eigenvalue weighted by molar-refractivity contribution is 0.267. The molecule has 0 aliphatic rings. The summed E-state index contributed by atoms with van der Waals surface area (Å²) in [5.74, 6) is 2.24.